The number of amides is 3. The van der Waals surface area contributed by atoms with Crippen molar-refractivity contribution in [2.24, 2.45) is 0 Å². The highest BCUT2D eigenvalue weighted by Crippen LogP contribution is 2.34. The second-order valence-corrected chi connectivity index (χ2v) is 9.34. The molecule has 0 saturated carbocycles. The smallest absolute Gasteiger partial charge is 0.243 e. The van der Waals surface area contributed by atoms with Crippen molar-refractivity contribution in [2.75, 3.05) is 6.54 Å². The van der Waals surface area contributed by atoms with Gasteiger partial charge in [-0.25, -0.2) is 8.78 Å². The topological polar surface area (TPSA) is 87.3 Å². The lowest BCUT2D eigenvalue weighted by molar-refractivity contribution is -0.131. The van der Waals surface area contributed by atoms with E-state index in [4.69, 9.17) is 0 Å². The average Bonchev–Trinajstić information content (AvgIpc) is 3.03. The summed E-state index contributed by atoms with van der Waals surface area (Å²) < 4.78 is 26.9. The Morgan fingerprint density at radius 2 is 1.54 bits per heavy atom. The van der Waals surface area contributed by atoms with E-state index in [1.165, 1.54) is 6.92 Å². The van der Waals surface area contributed by atoms with Gasteiger partial charge in [-0.2, -0.15) is 0 Å². The van der Waals surface area contributed by atoms with Crippen LogP contribution < -0.4 is 16.0 Å². The molecule has 192 valence electrons. The maximum atomic E-state index is 13.4. The van der Waals surface area contributed by atoms with Crippen LogP contribution in [-0.2, 0) is 20.8 Å². The molecule has 0 radical (unpaired) electrons. The van der Waals surface area contributed by atoms with Crippen LogP contribution in [0.1, 0.15) is 41.9 Å². The first kappa shape index (κ1) is 26.0. The molecule has 6 nitrogen and oxygen atoms in total. The van der Waals surface area contributed by atoms with Gasteiger partial charge < -0.3 is 16.0 Å². The predicted molar refractivity (Wildman–Crippen MR) is 136 cm³/mol. The normalized spacial score (nSPS) is 20.3. The zero-order valence-electron chi connectivity index (χ0n) is 20.4. The van der Waals surface area contributed by atoms with E-state index in [0.717, 1.165) is 29.3 Å². The van der Waals surface area contributed by atoms with Gasteiger partial charge in [-0.05, 0) is 42.2 Å². The zero-order valence-corrected chi connectivity index (χ0v) is 20.4. The molecule has 3 N–H and O–H groups in total. The molecular formula is C29H29F2N3O3. The number of carbonyl (C=O) groups is 3. The van der Waals surface area contributed by atoms with Gasteiger partial charge in [0.2, 0.25) is 17.7 Å². The van der Waals surface area contributed by atoms with Crippen molar-refractivity contribution in [1.82, 2.24) is 16.0 Å². The first-order chi connectivity index (χ1) is 17.8. The van der Waals surface area contributed by atoms with Crippen molar-refractivity contribution in [3.05, 3.63) is 107 Å². The second kappa shape index (κ2) is 11.8. The summed E-state index contributed by atoms with van der Waals surface area (Å²) in [5.41, 5.74) is 2.18. The molecule has 1 aliphatic rings. The van der Waals surface area contributed by atoms with Crippen LogP contribution in [0.15, 0.2) is 78.9 Å². The van der Waals surface area contributed by atoms with Crippen molar-refractivity contribution >= 4 is 17.7 Å². The lowest BCUT2D eigenvalue weighted by atomic mass is 9.82. The lowest BCUT2D eigenvalue weighted by Crippen LogP contribution is -2.54. The van der Waals surface area contributed by atoms with Crippen LogP contribution in [0.25, 0.3) is 0 Å². The van der Waals surface area contributed by atoms with Gasteiger partial charge in [0.25, 0.3) is 0 Å². The predicted octanol–water partition coefficient (Wildman–Crippen LogP) is 3.58. The van der Waals surface area contributed by atoms with Gasteiger partial charge in [-0.3, -0.25) is 14.4 Å². The van der Waals surface area contributed by atoms with E-state index in [0.29, 0.717) is 13.0 Å². The van der Waals surface area contributed by atoms with E-state index >= 15 is 0 Å². The molecule has 3 amide bonds. The summed E-state index contributed by atoms with van der Waals surface area (Å²) in [6.07, 6.45) is 0.338. The highest BCUT2D eigenvalue weighted by atomic mass is 19.1. The third kappa shape index (κ3) is 6.78. The van der Waals surface area contributed by atoms with Crippen molar-refractivity contribution in [1.29, 1.82) is 0 Å². The molecular weight excluding hydrogens is 476 g/mol. The van der Waals surface area contributed by atoms with Gasteiger partial charge in [0, 0.05) is 24.4 Å². The molecule has 1 aliphatic heterocycles. The van der Waals surface area contributed by atoms with Crippen molar-refractivity contribution < 1.29 is 23.2 Å². The molecule has 0 spiro atoms. The Balaban J connectivity index is 1.48. The fourth-order valence-electron chi connectivity index (χ4n) is 4.75. The Labute approximate surface area is 214 Å². The molecule has 4 atom stereocenters. The fraction of sp³-hybridized carbons (Fsp3) is 0.276. The Morgan fingerprint density at radius 1 is 0.946 bits per heavy atom. The standard InChI is InChI=1S/C29H29F2N3O3/c1-18(33-26(35)14-19-12-23(30)16-24(31)13-19)28(36)34-27-25(21-10-6-3-7-11-21)15-22(17-32-29(27)37)20-8-4-2-5-9-20/h2-13,16,18,22,25,27H,14-15,17H2,1H3,(H,32,37)(H,33,35)(H,34,36)/t18-,22+,25+,27-/m0/s1. The highest BCUT2D eigenvalue weighted by Gasteiger charge is 2.37. The number of rotatable bonds is 7. The molecule has 0 aliphatic carbocycles. The average molecular weight is 506 g/mol. The zero-order chi connectivity index (χ0) is 26.4. The maximum absolute atomic E-state index is 13.4. The molecule has 0 unspecified atom stereocenters. The molecule has 37 heavy (non-hydrogen) atoms. The van der Waals surface area contributed by atoms with E-state index in [1.807, 2.05) is 60.7 Å². The van der Waals surface area contributed by atoms with E-state index in [1.54, 1.807) is 0 Å². The molecule has 1 fully saturated rings. The molecule has 1 heterocycles. The SMILES string of the molecule is C[C@H](NC(=O)Cc1cc(F)cc(F)c1)C(=O)N[C@@H]1C(=O)NC[C@H](c2ccccc2)C[C@@H]1c1ccccc1. The largest absolute Gasteiger partial charge is 0.354 e. The van der Waals surface area contributed by atoms with Crippen molar-refractivity contribution in [3.63, 3.8) is 0 Å². The van der Waals surface area contributed by atoms with Crippen LogP contribution in [0.2, 0.25) is 0 Å². The van der Waals surface area contributed by atoms with E-state index < -0.39 is 35.5 Å². The summed E-state index contributed by atoms with van der Waals surface area (Å²) in [6, 6.07) is 20.5. The Bertz CT molecular complexity index is 1230. The molecule has 3 aromatic rings. The highest BCUT2D eigenvalue weighted by molar-refractivity contribution is 5.93. The molecule has 3 aromatic carbocycles. The third-order valence-electron chi connectivity index (χ3n) is 6.60. The minimum atomic E-state index is -0.969. The minimum Gasteiger partial charge on any atom is -0.354 e. The number of hydrogen-bond donors (Lipinski definition) is 3. The van der Waals surface area contributed by atoms with Crippen LogP contribution in [-0.4, -0.2) is 36.3 Å². The van der Waals surface area contributed by atoms with Crippen LogP contribution in [0.5, 0.6) is 0 Å². The monoisotopic (exact) mass is 505 g/mol. The van der Waals surface area contributed by atoms with E-state index in [-0.39, 0.29) is 29.7 Å². The molecule has 0 aromatic heterocycles. The number of nitrogens with one attached hydrogen (secondary N) is 3. The molecule has 8 heteroatoms. The summed E-state index contributed by atoms with van der Waals surface area (Å²) in [6.45, 7) is 1.94. The Kier molecular flexibility index (Phi) is 8.28. The second-order valence-electron chi connectivity index (χ2n) is 9.34. The molecule has 1 saturated heterocycles. The van der Waals surface area contributed by atoms with Crippen LogP contribution in [0.3, 0.4) is 0 Å². The summed E-state index contributed by atoms with van der Waals surface area (Å²) in [7, 11) is 0. The van der Waals surface area contributed by atoms with Gasteiger partial charge in [0.15, 0.2) is 0 Å². The van der Waals surface area contributed by atoms with Crippen LogP contribution in [0.4, 0.5) is 8.78 Å². The molecule has 0 bridgehead atoms. The number of halogens is 2. The molecule has 4 rings (SSSR count). The van der Waals surface area contributed by atoms with Crippen molar-refractivity contribution in [3.8, 4) is 0 Å². The summed E-state index contributed by atoms with van der Waals surface area (Å²) in [5.74, 6) is -3.20. The summed E-state index contributed by atoms with van der Waals surface area (Å²) in [5, 5.41) is 8.34. The maximum Gasteiger partial charge on any atom is 0.243 e. The van der Waals surface area contributed by atoms with E-state index in [9.17, 15) is 23.2 Å². The van der Waals surface area contributed by atoms with Gasteiger partial charge in [0.1, 0.15) is 23.7 Å². The Morgan fingerprint density at radius 3 is 2.16 bits per heavy atom. The van der Waals surface area contributed by atoms with Crippen LogP contribution >= 0.6 is 0 Å². The van der Waals surface area contributed by atoms with E-state index in [2.05, 4.69) is 16.0 Å². The number of hydrogen-bond acceptors (Lipinski definition) is 3. The summed E-state index contributed by atoms with van der Waals surface area (Å²) >= 11 is 0. The Hall–Kier alpha value is -4.07. The van der Waals surface area contributed by atoms with Gasteiger partial charge in [-0.1, -0.05) is 60.7 Å². The number of benzene rings is 3. The van der Waals surface area contributed by atoms with Gasteiger partial charge >= 0.3 is 0 Å². The summed E-state index contributed by atoms with van der Waals surface area (Å²) in [4.78, 5) is 38.7. The van der Waals surface area contributed by atoms with Crippen LogP contribution in [0, 0.1) is 11.6 Å². The third-order valence-corrected chi connectivity index (χ3v) is 6.60. The first-order valence-electron chi connectivity index (χ1n) is 12.2. The quantitative estimate of drug-likeness (QED) is 0.459. The minimum absolute atomic E-state index is 0.0565. The number of carbonyl (C=O) groups excluding carboxylic acids is 3. The fourth-order valence-corrected chi connectivity index (χ4v) is 4.75. The van der Waals surface area contributed by atoms with Crippen molar-refractivity contribution in [2.45, 2.75) is 43.7 Å². The van der Waals surface area contributed by atoms with Gasteiger partial charge in [-0.15, -0.1) is 0 Å². The first-order valence-corrected chi connectivity index (χ1v) is 12.2. The lowest BCUT2D eigenvalue weighted by Gasteiger charge is -2.28. The van der Waals surface area contributed by atoms with Gasteiger partial charge in [0.05, 0.1) is 6.42 Å².